The van der Waals surface area contributed by atoms with E-state index in [1.54, 1.807) is 11.3 Å². The molecule has 1 amide bonds. The van der Waals surface area contributed by atoms with Crippen molar-refractivity contribution in [2.75, 3.05) is 0 Å². The molecule has 1 aromatic heterocycles. The number of amides is 1. The number of nitrogens with zero attached hydrogens (tertiary/aromatic N) is 1. The van der Waals surface area contributed by atoms with Crippen LogP contribution in [0.4, 0.5) is 0 Å². The minimum Gasteiger partial charge on any atom is -0.350 e. The average Bonchev–Trinajstić information content (AvgIpc) is 2.58. The molecule has 1 unspecified atom stereocenters. The Labute approximate surface area is 93.9 Å². The van der Waals surface area contributed by atoms with Gasteiger partial charge in [-0.3, -0.25) is 4.79 Å². The summed E-state index contributed by atoms with van der Waals surface area (Å²) in [5, 5.41) is 5.80. The number of nitrogens with one attached hydrogen (secondary N) is 1. The molecule has 84 valence electrons. The first-order valence-corrected chi connectivity index (χ1v) is 5.89. The normalized spacial score (nSPS) is 12.5. The summed E-state index contributed by atoms with van der Waals surface area (Å²) in [4.78, 5) is 15.6. The van der Waals surface area contributed by atoms with Gasteiger partial charge in [-0.05, 0) is 20.3 Å². The van der Waals surface area contributed by atoms with Crippen LogP contribution in [-0.4, -0.2) is 16.9 Å². The predicted molar refractivity (Wildman–Crippen MR) is 61.6 cm³/mol. The number of aromatic nitrogens is 1. The summed E-state index contributed by atoms with van der Waals surface area (Å²) < 4.78 is 0. The van der Waals surface area contributed by atoms with Gasteiger partial charge in [-0.25, -0.2) is 4.98 Å². The Morgan fingerprint density at radius 2 is 2.47 bits per heavy atom. The maximum Gasteiger partial charge on any atom is 0.220 e. The van der Waals surface area contributed by atoms with Crippen LogP contribution in [0, 0.1) is 6.92 Å². The Morgan fingerprint density at radius 3 is 3.00 bits per heavy atom. The number of carbonyl (C=O) groups is 1. The van der Waals surface area contributed by atoms with Crippen molar-refractivity contribution in [3.05, 3.63) is 16.1 Å². The van der Waals surface area contributed by atoms with Crippen LogP contribution in [-0.2, 0) is 11.3 Å². The number of hydrogen-bond donors (Lipinski definition) is 2. The van der Waals surface area contributed by atoms with Gasteiger partial charge in [-0.1, -0.05) is 0 Å². The van der Waals surface area contributed by atoms with Crippen molar-refractivity contribution in [3.63, 3.8) is 0 Å². The summed E-state index contributed by atoms with van der Waals surface area (Å²) in [5.74, 6) is 0.0398. The molecule has 0 aliphatic heterocycles. The van der Waals surface area contributed by atoms with Crippen LogP contribution in [0.5, 0.6) is 0 Å². The van der Waals surface area contributed by atoms with Crippen molar-refractivity contribution in [1.29, 1.82) is 0 Å². The lowest BCUT2D eigenvalue weighted by molar-refractivity contribution is -0.121. The summed E-state index contributed by atoms with van der Waals surface area (Å²) in [5.41, 5.74) is 6.48. The Bertz CT molecular complexity index is 322. The van der Waals surface area contributed by atoms with Gasteiger partial charge >= 0.3 is 0 Å². The average molecular weight is 227 g/mol. The fourth-order valence-corrected chi connectivity index (χ4v) is 1.74. The molecule has 0 aromatic carbocycles. The molecule has 0 aliphatic rings. The lowest BCUT2D eigenvalue weighted by Gasteiger charge is -2.05. The van der Waals surface area contributed by atoms with Crippen LogP contribution in [0.15, 0.2) is 5.38 Å². The molecule has 0 spiro atoms. The molecule has 0 bridgehead atoms. The highest BCUT2D eigenvalue weighted by Crippen LogP contribution is 2.07. The third-order valence-electron chi connectivity index (χ3n) is 1.96. The predicted octanol–water partition coefficient (Wildman–Crippen LogP) is 1.20. The molecule has 4 nitrogen and oxygen atoms in total. The van der Waals surface area contributed by atoms with E-state index in [-0.39, 0.29) is 11.9 Å². The number of rotatable bonds is 5. The van der Waals surface area contributed by atoms with Crippen molar-refractivity contribution in [1.82, 2.24) is 10.3 Å². The van der Waals surface area contributed by atoms with E-state index in [1.165, 1.54) is 0 Å². The first-order chi connectivity index (χ1) is 7.08. The molecule has 0 saturated carbocycles. The second-order valence-electron chi connectivity index (χ2n) is 3.65. The minimum absolute atomic E-state index is 0.0398. The summed E-state index contributed by atoms with van der Waals surface area (Å²) in [6, 6.07) is 0.0808. The Hall–Kier alpha value is -0.940. The van der Waals surface area contributed by atoms with E-state index < -0.39 is 0 Å². The number of aryl methyl sites for hydroxylation is 1. The fourth-order valence-electron chi connectivity index (χ4n) is 1.13. The van der Waals surface area contributed by atoms with Crippen molar-refractivity contribution in [2.24, 2.45) is 5.73 Å². The number of carbonyl (C=O) groups excluding carboxylic acids is 1. The molecule has 3 N–H and O–H groups in total. The topological polar surface area (TPSA) is 68.0 Å². The number of hydrogen-bond acceptors (Lipinski definition) is 4. The van der Waals surface area contributed by atoms with E-state index in [2.05, 4.69) is 10.3 Å². The fraction of sp³-hybridized carbons (Fsp3) is 0.600. The molecule has 1 aromatic rings. The molecule has 5 heteroatoms. The second kappa shape index (κ2) is 5.82. The number of thiazole rings is 1. The van der Waals surface area contributed by atoms with Gasteiger partial charge < -0.3 is 11.1 Å². The first kappa shape index (κ1) is 12.1. The molecule has 0 radical (unpaired) electrons. The molecule has 0 saturated heterocycles. The van der Waals surface area contributed by atoms with E-state index >= 15 is 0 Å². The maximum absolute atomic E-state index is 11.3. The quantitative estimate of drug-likeness (QED) is 0.794. The largest absolute Gasteiger partial charge is 0.350 e. The van der Waals surface area contributed by atoms with Crippen molar-refractivity contribution >= 4 is 17.2 Å². The van der Waals surface area contributed by atoms with Crippen LogP contribution in [0.3, 0.4) is 0 Å². The third kappa shape index (κ3) is 4.90. The number of nitrogens with two attached hydrogens (primary N) is 1. The lowest BCUT2D eigenvalue weighted by atomic mass is 10.2. The standard InChI is InChI=1S/C10H17N3OS/c1-7(11)3-4-10(14)12-5-9-6-15-8(2)13-9/h6-7H,3-5,11H2,1-2H3,(H,12,14). The van der Waals surface area contributed by atoms with Crippen LogP contribution < -0.4 is 11.1 Å². The summed E-state index contributed by atoms with van der Waals surface area (Å²) in [6.07, 6.45) is 1.21. The highest BCUT2D eigenvalue weighted by molar-refractivity contribution is 7.09. The van der Waals surface area contributed by atoms with Gasteiger partial charge in [-0.15, -0.1) is 11.3 Å². The molecule has 0 aliphatic carbocycles. The van der Waals surface area contributed by atoms with E-state index in [0.29, 0.717) is 13.0 Å². The monoisotopic (exact) mass is 227 g/mol. The van der Waals surface area contributed by atoms with Gasteiger partial charge in [0.15, 0.2) is 0 Å². The highest BCUT2D eigenvalue weighted by Gasteiger charge is 2.04. The Balaban J connectivity index is 2.22. The van der Waals surface area contributed by atoms with Crippen LogP contribution >= 0.6 is 11.3 Å². The van der Waals surface area contributed by atoms with Crippen molar-refractivity contribution in [3.8, 4) is 0 Å². The van der Waals surface area contributed by atoms with Crippen molar-refractivity contribution < 1.29 is 4.79 Å². The second-order valence-corrected chi connectivity index (χ2v) is 4.71. The zero-order valence-corrected chi connectivity index (χ0v) is 9.93. The van der Waals surface area contributed by atoms with Gasteiger partial charge in [0, 0.05) is 17.8 Å². The van der Waals surface area contributed by atoms with Gasteiger partial charge in [-0.2, -0.15) is 0 Å². The third-order valence-corrected chi connectivity index (χ3v) is 2.78. The Morgan fingerprint density at radius 1 is 1.73 bits per heavy atom. The minimum atomic E-state index is 0.0398. The molecular weight excluding hydrogens is 210 g/mol. The van der Waals surface area contributed by atoms with Gasteiger partial charge in [0.2, 0.25) is 5.91 Å². The van der Waals surface area contributed by atoms with E-state index in [1.807, 2.05) is 19.2 Å². The lowest BCUT2D eigenvalue weighted by Crippen LogP contribution is -2.25. The Kier molecular flexibility index (Phi) is 4.71. The SMILES string of the molecule is Cc1nc(CNC(=O)CCC(C)N)cs1. The highest BCUT2D eigenvalue weighted by atomic mass is 32.1. The zero-order chi connectivity index (χ0) is 11.3. The van der Waals surface area contributed by atoms with E-state index in [9.17, 15) is 4.79 Å². The summed E-state index contributed by atoms with van der Waals surface area (Å²) in [7, 11) is 0. The van der Waals surface area contributed by atoms with E-state index in [4.69, 9.17) is 5.73 Å². The molecular formula is C10H17N3OS. The summed E-state index contributed by atoms with van der Waals surface area (Å²) >= 11 is 1.59. The maximum atomic E-state index is 11.3. The van der Waals surface area contributed by atoms with Gasteiger partial charge in [0.25, 0.3) is 0 Å². The van der Waals surface area contributed by atoms with Gasteiger partial charge in [0.05, 0.1) is 17.2 Å². The smallest absolute Gasteiger partial charge is 0.220 e. The van der Waals surface area contributed by atoms with Gasteiger partial charge in [0.1, 0.15) is 0 Å². The van der Waals surface area contributed by atoms with Crippen LogP contribution in [0.2, 0.25) is 0 Å². The molecule has 0 fully saturated rings. The van der Waals surface area contributed by atoms with Crippen LogP contribution in [0.25, 0.3) is 0 Å². The zero-order valence-electron chi connectivity index (χ0n) is 9.12. The first-order valence-electron chi connectivity index (χ1n) is 5.01. The molecule has 15 heavy (non-hydrogen) atoms. The molecule has 1 heterocycles. The van der Waals surface area contributed by atoms with Crippen LogP contribution in [0.1, 0.15) is 30.5 Å². The summed E-state index contributed by atoms with van der Waals surface area (Å²) in [6.45, 7) is 4.37. The molecule has 1 atom stereocenters. The van der Waals surface area contributed by atoms with E-state index in [0.717, 1.165) is 17.1 Å². The van der Waals surface area contributed by atoms with Crippen molar-refractivity contribution in [2.45, 2.75) is 39.3 Å². The molecule has 1 rings (SSSR count).